The van der Waals surface area contributed by atoms with Crippen LogP contribution in [0.2, 0.25) is 0 Å². The number of carbonyl (C=O) groups is 2. The summed E-state index contributed by atoms with van der Waals surface area (Å²) in [5, 5.41) is 2.84. The molecule has 2 N–H and O–H groups in total. The molecule has 0 heterocycles. The molecule has 31 heavy (non-hydrogen) atoms. The van der Waals surface area contributed by atoms with Crippen molar-refractivity contribution in [3.8, 4) is 0 Å². The fraction of sp³-hybridized carbons (Fsp3) is 0.391. The van der Waals surface area contributed by atoms with Crippen LogP contribution in [-0.4, -0.2) is 43.8 Å². The SMILES string of the molecule is CCCN(CC(=O)Nc1ccccc1C)C(=O)c1ccc(S(=O)(=O)NC(C)(C)C)cc1. The summed E-state index contributed by atoms with van der Waals surface area (Å²) in [5.74, 6) is -0.612. The Balaban J connectivity index is 2.14. The van der Waals surface area contributed by atoms with Crippen molar-refractivity contribution in [1.82, 2.24) is 9.62 Å². The fourth-order valence-corrected chi connectivity index (χ4v) is 4.44. The van der Waals surface area contributed by atoms with Crippen molar-refractivity contribution < 1.29 is 18.0 Å². The summed E-state index contributed by atoms with van der Waals surface area (Å²) < 4.78 is 27.5. The van der Waals surface area contributed by atoms with Gasteiger partial charge < -0.3 is 10.2 Å². The number of anilines is 1. The highest BCUT2D eigenvalue weighted by Gasteiger charge is 2.23. The number of benzene rings is 2. The second kappa shape index (κ2) is 10.1. The minimum Gasteiger partial charge on any atom is -0.329 e. The highest BCUT2D eigenvalue weighted by atomic mass is 32.2. The Morgan fingerprint density at radius 3 is 2.16 bits per heavy atom. The lowest BCUT2D eigenvalue weighted by molar-refractivity contribution is -0.116. The molecular formula is C23H31N3O4S. The third kappa shape index (κ3) is 7.18. The maximum absolute atomic E-state index is 13.0. The van der Waals surface area contributed by atoms with E-state index in [0.717, 1.165) is 5.56 Å². The fourth-order valence-electron chi connectivity index (χ4n) is 3.02. The molecule has 0 unspecified atom stereocenters. The predicted octanol–water partition coefficient (Wildman–Crippen LogP) is 3.56. The Labute approximate surface area is 184 Å². The monoisotopic (exact) mass is 445 g/mol. The highest BCUT2D eigenvalue weighted by Crippen LogP contribution is 2.16. The van der Waals surface area contributed by atoms with E-state index in [9.17, 15) is 18.0 Å². The minimum absolute atomic E-state index is 0.0818. The van der Waals surface area contributed by atoms with Crippen LogP contribution in [0.5, 0.6) is 0 Å². The summed E-state index contributed by atoms with van der Waals surface area (Å²) in [6.45, 7) is 9.41. The molecule has 0 fully saturated rings. The molecule has 0 saturated heterocycles. The van der Waals surface area contributed by atoms with E-state index in [1.165, 1.54) is 29.2 Å². The van der Waals surface area contributed by atoms with Gasteiger partial charge in [-0.25, -0.2) is 13.1 Å². The average Bonchev–Trinajstić information content (AvgIpc) is 2.67. The zero-order valence-electron chi connectivity index (χ0n) is 18.7. The van der Waals surface area contributed by atoms with Crippen LogP contribution in [0.25, 0.3) is 0 Å². The molecule has 0 atom stereocenters. The Morgan fingerprint density at radius 1 is 1.00 bits per heavy atom. The summed E-state index contributed by atoms with van der Waals surface area (Å²) in [5.41, 5.74) is 1.35. The first-order chi connectivity index (χ1) is 14.4. The lowest BCUT2D eigenvalue weighted by Gasteiger charge is -2.22. The minimum atomic E-state index is -3.69. The zero-order chi connectivity index (χ0) is 23.2. The van der Waals surface area contributed by atoms with Crippen LogP contribution >= 0.6 is 0 Å². The summed E-state index contributed by atoms with van der Waals surface area (Å²) in [6, 6.07) is 13.2. The number of rotatable bonds is 8. The molecule has 0 saturated carbocycles. The van der Waals surface area contributed by atoms with Crippen molar-refractivity contribution in [2.45, 2.75) is 51.5 Å². The van der Waals surface area contributed by atoms with Gasteiger partial charge in [0.25, 0.3) is 5.91 Å². The van der Waals surface area contributed by atoms with E-state index < -0.39 is 15.6 Å². The number of aryl methyl sites for hydroxylation is 1. The quantitative estimate of drug-likeness (QED) is 0.649. The molecule has 0 aliphatic carbocycles. The van der Waals surface area contributed by atoms with Gasteiger partial charge in [0.05, 0.1) is 4.90 Å². The van der Waals surface area contributed by atoms with Gasteiger partial charge in [-0.15, -0.1) is 0 Å². The van der Waals surface area contributed by atoms with Crippen molar-refractivity contribution in [2.24, 2.45) is 0 Å². The second-order valence-electron chi connectivity index (χ2n) is 8.47. The summed E-state index contributed by atoms with van der Waals surface area (Å²) in [6.07, 6.45) is 0.686. The molecule has 0 bridgehead atoms. The zero-order valence-corrected chi connectivity index (χ0v) is 19.5. The molecule has 168 valence electrons. The molecule has 0 spiro atoms. The van der Waals surface area contributed by atoms with Crippen molar-refractivity contribution in [3.05, 3.63) is 59.7 Å². The normalized spacial score (nSPS) is 11.8. The first-order valence-electron chi connectivity index (χ1n) is 10.2. The molecular weight excluding hydrogens is 414 g/mol. The van der Waals surface area contributed by atoms with Gasteiger partial charge in [-0.05, 0) is 70.0 Å². The van der Waals surface area contributed by atoms with Crippen LogP contribution in [0.15, 0.2) is 53.4 Å². The van der Waals surface area contributed by atoms with Gasteiger partial charge in [-0.3, -0.25) is 9.59 Å². The number of hydrogen-bond acceptors (Lipinski definition) is 4. The van der Waals surface area contributed by atoms with Gasteiger partial charge >= 0.3 is 0 Å². The lowest BCUT2D eigenvalue weighted by Crippen LogP contribution is -2.40. The van der Waals surface area contributed by atoms with Gasteiger partial charge in [-0.2, -0.15) is 0 Å². The first kappa shape index (κ1) is 24.6. The number of nitrogens with one attached hydrogen (secondary N) is 2. The Bertz CT molecular complexity index is 1030. The van der Waals surface area contributed by atoms with Crippen LogP contribution in [0.1, 0.15) is 50.0 Å². The molecule has 0 aliphatic rings. The summed E-state index contributed by atoms with van der Waals surface area (Å²) in [7, 11) is -3.69. The summed E-state index contributed by atoms with van der Waals surface area (Å²) >= 11 is 0. The van der Waals surface area contributed by atoms with Crippen LogP contribution < -0.4 is 10.0 Å². The van der Waals surface area contributed by atoms with Gasteiger partial charge in [0.15, 0.2) is 0 Å². The number of carbonyl (C=O) groups excluding carboxylic acids is 2. The molecule has 0 aliphatic heterocycles. The molecule has 0 radical (unpaired) electrons. The number of amides is 2. The molecule has 0 aromatic heterocycles. The Kier molecular flexibility index (Phi) is 7.97. The van der Waals surface area contributed by atoms with E-state index >= 15 is 0 Å². The number of nitrogens with zero attached hydrogens (tertiary/aromatic N) is 1. The van der Waals surface area contributed by atoms with E-state index in [-0.39, 0.29) is 23.3 Å². The van der Waals surface area contributed by atoms with Crippen molar-refractivity contribution >= 4 is 27.5 Å². The van der Waals surface area contributed by atoms with Crippen LogP contribution in [0, 0.1) is 6.92 Å². The number of para-hydroxylation sites is 1. The molecule has 2 amide bonds. The lowest BCUT2D eigenvalue weighted by atomic mass is 10.1. The standard InChI is InChI=1S/C23H31N3O4S/c1-6-15-26(16-21(27)24-20-10-8-7-9-17(20)2)22(28)18-11-13-19(14-12-18)31(29,30)25-23(3,4)5/h7-14,25H,6,15-16H2,1-5H3,(H,24,27). The third-order valence-electron chi connectivity index (χ3n) is 4.39. The molecule has 2 aromatic rings. The maximum Gasteiger partial charge on any atom is 0.254 e. The molecule has 7 nitrogen and oxygen atoms in total. The van der Waals surface area contributed by atoms with E-state index in [1.807, 2.05) is 38.1 Å². The van der Waals surface area contributed by atoms with E-state index in [1.54, 1.807) is 20.8 Å². The third-order valence-corrected chi connectivity index (χ3v) is 6.16. The number of sulfonamides is 1. The van der Waals surface area contributed by atoms with Crippen molar-refractivity contribution in [1.29, 1.82) is 0 Å². The maximum atomic E-state index is 13.0. The summed E-state index contributed by atoms with van der Waals surface area (Å²) in [4.78, 5) is 27.0. The highest BCUT2D eigenvalue weighted by molar-refractivity contribution is 7.89. The smallest absolute Gasteiger partial charge is 0.254 e. The molecule has 2 aromatic carbocycles. The van der Waals surface area contributed by atoms with Gasteiger partial charge in [-0.1, -0.05) is 25.1 Å². The Morgan fingerprint density at radius 2 is 1.61 bits per heavy atom. The first-order valence-corrected chi connectivity index (χ1v) is 11.7. The number of hydrogen-bond donors (Lipinski definition) is 2. The van der Waals surface area contributed by atoms with Crippen LogP contribution in [0.3, 0.4) is 0 Å². The predicted molar refractivity (Wildman–Crippen MR) is 123 cm³/mol. The van der Waals surface area contributed by atoms with E-state index in [4.69, 9.17) is 0 Å². The van der Waals surface area contributed by atoms with Gasteiger partial charge in [0.1, 0.15) is 6.54 Å². The Hall–Kier alpha value is -2.71. The van der Waals surface area contributed by atoms with Crippen molar-refractivity contribution in [2.75, 3.05) is 18.4 Å². The van der Waals surface area contributed by atoms with E-state index in [0.29, 0.717) is 24.2 Å². The van der Waals surface area contributed by atoms with E-state index in [2.05, 4.69) is 10.0 Å². The second-order valence-corrected chi connectivity index (χ2v) is 10.2. The van der Waals surface area contributed by atoms with Gasteiger partial charge in [0, 0.05) is 23.3 Å². The topological polar surface area (TPSA) is 95.6 Å². The van der Waals surface area contributed by atoms with Crippen molar-refractivity contribution in [3.63, 3.8) is 0 Å². The largest absolute Gasteiger partial charge is 0.329 e. The average molecular weight is 446 g/mol. The molecule has 8 heteroatoms. The van der Waals surface area contributed by atoms with Crippen LogP contribution in [-0.2, 0) is 14.8 Å². The van der Waals surface area contributed by atoms with Gasteiger partial charge in [0.2, 0.25) is 15.9 Å². The molecule has 2 rings (SSSR count). The van der Waals surface area contributed by atoms with Crippen LogP contribution in [0.4, 0.5) is 5.69 Å².